The van der Waals surface area contributed by atoms with E-state index in [1.165, 1.54) is 0 Å². The minimum atomic E-state index is -0.196. The highest BCUT2D eigenvalue weighted by molar-refractivity contribution is 5.58. The topological polar surface area (TPSA) is 56.8 Å². The monoisotopic (exact) mass is 258 g/mol. The normalized spacial score (nSPS) is 13.6. The Bertz CT molecular complexity index is 243. The minimum Gasteiger partial charge on any atom is -0.396 e. The molecule has 0 heterocycles. The van der Waals surface area contributed by atoms with Gasteiger partial charge in [0, 0.05) is 24.8 Å². The summed E-state index contributed by atoms with van der Waals surface area (Å²) in [6.45, 7) is 13.5. The number of nitrogens with two attached hydrogens (primary N) is 1. The molecular formula is C14H30N2O2. The lowest BCUT2D eigenvalue weighted by atomic mass is 10.0. The van der Waals surface area contributed by atoms with Crippen LogP contribution in [0.4, 0.5) is 0 Å². The van der Waals surface area contributed by atoms with E-state index in [9.17, 15) is 0 Å². The summed E-state index contributed by atoms with van der Waals surface area (Å²) in [6, 6.07) is 0. The smallest absolute Gasteiger partial charge is 0.119 e. The van der Waals surface area contributed by atoms with Gasteiger partial charge in [-0.15, -0.1) is 0 Å². The van der Waals surface area contributed by atoms with Crippen LogP contribution in [0.2, 0.25) is 0 Å². The lowest BCUT2D eigenvalue weighted by Gasteiger charge is -2.27. The van der Waals surface area contributed by atoms with Crippen molar-refractivity contribution < 1.29 is 9.57 Å². The van der Waals surface area contributed by atoms with Crippen LogP contribution in [0.25, 0.3) is 0 Å². The third kappa shape index (κ3) is 11.9. The van der Waals surface area contributed by atoms with E-state index < -0.39 is 0 Å². The Hall–Kier alpha value is -0.610. The van der Waals surface area contributed by atoms with Crippen LogP contribution >= 0.6 is 0 Å². The van der Waals surface area contributed by atoms with Crippen LogP contribution in [0.15, 0.2) is 5.16 Å². The number of rotatable bonds is 9. The van der Waals surface area contributed by atoms with Gasteiger partial charge in [-0.3, -0.25) is 0 Å². The van der Waals surface area contributed by atoms with Gasteiger partial charge in [0.05, 0.1) is 5.60 Å². The first kappa shape index (κ1) is 17.4. The van der Waals surface area contributed by atoms with Gasteiger partial charge in [0.25, 0.3) is 0 Å². The summed E-state index contributed by atoms with van der Waals surface area (Å²) in [6.07, 6.45) is 3.46. The maximum Gasteiger partial charge on any atom is 0.119 e. The van der Waals surface area contributed by atoms with Gasteiger partial charge in [-0.05, 0) is 40.0 Å². The number of hydrogen-bond donors (Lipinski definition) is 1. The summed E-state index contributed by atoms with van der Waals surface area (Å²) >= 11 is 0. The molecule has 0 unspecified atom stereocenters. The van der Waals surface area contributed by atoms with Crippen LogP contribution in [-0.4, -0.2) is 30.6 Å². The van der Waals surface area contributed by atoms with Crippen LogP contribution in [0.3, 0.4) is 0 Å². The molecule has 0 bridgehead atoms. The highest BCUT2D eigenvalue weighted by atomic mass is 16.6. The molecule has 0 atom stereocenters. The average Bonchev–Trinajstić information content (AvgIpc) is 2.13. The van der Waals surface area contributed by atoms with Crippen molar-refractivity contribution in [1.29, 1.82) is 0 Å². The molecule has 0 aromatic heterocycles. The Morgan fingerprint density at radius 2 is 1.72 bits per heavy atom. The van der Waals surface area contributed by atoms with Crippen LogP contribution < -0.4 is 5.73 Å². The molecular weight excluding hydrogens is 228 g/mol. The lowest BCUT2D eigenvalue weighted by molar-refractivity contribution is -0.0449. The molecule has 0 fully saturated rings. The van der Waals surface area contributed by atoms with Crippen LogP contribution in [0, 0.1) is 5.92 Å². The van der Waals surface area contributed by atoms with E-state index in [0.29, 0.717) is 19.1 Å². The quantitative estimate of drug-likeness (QED) is 0.393. The number of nitrogens with zero attached hydrogens (tertiary/aromatic N) is 1. The molecule has 0 radical (unpaired) electrons. The zero-order valence-corrected chi connectivity index (χ0v) is 12.8. The van der Waals surface area contributed by atoms with Crippen molar-refractivity contribution in [3.05, 3.63) is 0 Å². The molecule has 0 aliphatic heterocycles. The van der Waals surface area contributed by atoms with E-state index in [2.05, 4.69) is 32.9 Å². The molecule has 0 saturated carbocycles. The van der Waals surface area contributed by atoms with Crippen molar-refractivity contribution in [3.63, 3.8) is 0 Å². The molecule has 0 aliphatic carbocycles. The second-order valence-electron chi connectivity index (χ2n) is 6.43. The summed E-state index contributed by atoms with van der Waals surface area (Å²) in [4.78, 5) is 5.19. The van der Waals surface area contributed by atoms with Crippen molar-refractivity contribution in [3.8, 4) is 0 Å². The first-order valence-electron chi connectivity index (χ1n) is 6.71. The molecule has 0 aliphatic rings. The van der Waals surface area contributed by atoms with Gasteiger partial charge in [0.1, 0.15) is 6.61 Å². The van der Waals surface area contributed by atoms with Gasteiger partial charge in [0.2, 0.25) is 0 Å². The summed E-state index contributed by atoms with van der Waals surface area (Å²) < 4.78 is 5.82. The number of oxime groups is 1. The average molecular weight is 258 g/mol. The van der Waals surface area contributed by atoms with E-state index >= 15 is 0 Å². The highest BCUT2D eigenvalue weighted by Crippen LogP contribution is 2.16. The molecule has 4 heteroatoms. The third-order valence-electron chi connectivity index (χ3n) is 2.47. The summed E-state index contributed by atoms with van der Waals surface area (Å²) in [7, 11) is 0. The Morgan fingerprint density at radius 3 is 2.22 bits per heavy atom. The molecule has 4 nitrogen and oxygen atoms in total. The molecule has 2 N–H and O–H groups in total. The maximum absolute atomic E-state index is 5.91. The lowest BCUT2D eigenvalue weighted by Crippen LogP contribution is -2.35. The van der Waals surface area contributed by atoms with Crippen molar-refractivity contribution in [2.45, 2.75) is 65.5 Å². The van der Waals surface area contributed by atoms with Gasteiger partial charge in [0.15, 0.2) is 0 Å². The minimum absolute atomic E-state index is 0.172. The predicted molar refractivity (Wildman–Crippen MR) is 76.8 cm³/mol. The molecule has 0 saturated heterocycles. The van der Waals surface area contributed by atoms with Crippen molar-refractivity contribution in [1.82, 2.24) is 0 Å². The Balaban J connectivity index is 3.73. The Labute approximate surface area is 112 Å². The van der Waals surface area contributed by atoms with E-state index in [-0.39, 0.29) is 11.1 Å². The largest absolute Gasteiger partial charge is 0.396 e. The van der Waals surface area contributed by atoms with Crippen LogP contribution in [0.1, 0.15) is 54.4 Å². The molecule has 108 valence electrons. The second kappa shape index (κ2) is 7.74. The van der Waals surface area contributed by atoms with E-state index in [1.807, 2.05) is 13.8 Å². The van der Waals surface area contributed by atoms with Crippen molar-refractivity contribution in [2.24, 2.45) is 16.8 Å². The summed E-state index contributed by atoms with van der Waals surface area (Å²) in [5.74, 6) is 0.418. The van der Waals surface area contributed by atoms with Gasteiger partial charge < -0.3 is 15.3 Å². The van der Waals surface area contributed by atoms with E-state index in [1.54, 1.807) is 6.21 Å². The van der Waals surface area contributed by atoms with Crippen molar-refractivity contribution in [2.75, 3.05) is 13.2 Å². The maximum atomic E-state index is 5.91. The predicted octanol–water partition coefficient (Wildman–Crippen LogP) is 2.96. The molecule has 0 spiro atoms. The van der Waals surface area contributed by atoms with Crippen LogP contribution in [-0.2, 0) is 9.57 Å². The van der Waals surface area contributed by atoms with E-state index in [0.717, 1.165) is 12.8 Å². The zero-order chi connectivity index (χ0) is 14.2. The number of hydrogen-bond acceptors (Lipinski definition) is 4. The van der Waals surface area contributed by atoms with Gasteiger partial charge in [-0.1, -0.05) is 19.0 Å². The van der Waals surface area contributed by atoms with Crippen molar-refractivity contribution >= 4 is 6.21 Å². The van der Waals surface area contributed by atoms with Gasteiger partial charge in [-0.2, -0.15) is 0 Å². The molecule has 0 amide bonds. The summed E-state index contributed by atoms with van der Waals surface area (Å²) in [5.41, 5.74) is 5.54. The standard InChI is InChI=1S/C14H30N2O2/c1-12(2)11-16-18-10-8-14(5,6)17-9-7-13(3,4)15/h11-12H,7-10,15H2,1-6H3/b16-11+. The fourth-order valence-corrected chi connectivity index (χ4v) is 1.17. The molecule has 0 aromatic carbocycles. The SMILES string of the molecule is CC(C)/C=N/OCCC(C)(C)OCCC(C)(C)N. The summed E-state index contributed by atoms with van der Waals surface area (Å²) in [5, 5.41) is 3.89. The Morgan fingerprint density at radius 1 is 1.11 bits per heavy atom. The fourth-order valence-electron chi connectivity index (χ4n) is 1.17. The molecule has 18 heavy (non-hydrogen) atoms. The number of ether oxygens (including phenoxy) is 1. The Kier molecular flexibility index (Phi) is 7.48. The van der Waals surface area contributed by atoms with Gasteiger partial charge in [-0.25, -0.2) is 0 Å². The molecule has 0 rings (SSSR count). The third-order valence-corrected chi connectivity index (χ3v) is 2.47. The first-order chi connectivity index (χ1) is 8.12. The molecule has 0 aromatic rings. The first-order valence-corrected chi connectivity index (χ1v) is 6.71. The van der Waals surface area contributed by atoms with E-state index in [4.69, 9.17) is 15.3 Å². The second-order valence-corrected chi connectivity index (χ2v) is 6.43. The zero-order valence-electron chi connectivity index (χ0n) is 12.8. The fraction of sp³-hybridized carbons (Fsp3) is 0.929. The van der Waals surface area contributed by atoms with Gasteiger partial charge >= 0.3 is 0 Å². The highest BCUT2D eigenvalue weighted by Gasteiger charge is 2.20. The van der Waals surface area contributed by atoms with Crippen LogP contribution in [0.5, 0.6) is 0 Å².